The molecule has 2 aromatic carbocycles. The number of aryl methyl sites for hydroxylation is 2. The van der Waals surface area contributed by atoms with Crippen LogP contribution in [0, 0.1) is 13.8 Å². The van der Waals surface area contributed by atoms with Crippen LogP contribution in [0.4, 0.5) is 5.69 Å². The predicted octanol–water partition coefficient (Wildman–Crippen LogP) is 5.22. The second-order valence-corrected chi connectivity index (χ2v) is 6.49. The summed E-state index contributed by atoms with van der Waals surface area (Å²) in [6.45, 7) is 4.13. The number of rotatable bonds is 1. The Hall–Kier alpha value is -1.33. The Morgan fingerprint density at radius 1 is 1.00 bits per heavy atom. The first-order valence-corrected chi connectivity index (χ1v) is 7.67. The van der Waals surface area contributed by atoms with Gasteiger partial charge in [0.15, 0.2) is 5.58 Å². The van der Waals surface area contributed by atoms with E-state index in [0.29, 0.717) is 11.6 Å². The zero-order valence-electron chi connectivity index (χ0n) is 11.0. The van der Waals surface area contributed by atoms with Crippen LogP contribution >= 0.6 is 31.9 Å². The fourth-order valence-electron chi connectivity index (χ4n) is 2.01. The summed E-state index contributed by atoms with van der Waals surface area (Å²) >= 11 is 6.87. The molecule has 0 saturated carbocycles. The lowest BCUT2D eigenvalue weighted by Gasteiger charge is -2.03. The number of nitrogens with zero attached hydrogens (tertiary/aromatic N) is 1. The second-order valence-electron chi connectivity index (χ2n) is 4.78. The van der Waals surface area contributed by atoms with Gasteiger partial charge in [0.1, 0.15) is 5.52 Å². The van der Waals surface area contributed by atoms with Crippen molar-refractivity contribution < 1.29 is 4.42 Å². The summed E-state index contributed by atoms with van der Waals surface area (Å²) < 4.78 is 7.48. The smallest absolute Gasteiger partial charge is 0.227 e. The van der Waals surface area contributed by atoms with Gasteiger partial charge in [0, 0.05) is 14.5 Å². The molecule has 2 N–H and O–H groups in total. The highest BCUT2D eigenvalue weighted by atomic mass is 79.9. The fraction of sp³-hybridized carbons (Fsp3) is 0.133. The fourth-order valence-corrected chi connectivity index (χ4v) is 3.20. The average molecular weight is 396 g/mol. The van der Waals surface area contributed by atoms with Gasteiger partial charge >= 0.3 is 0 Å². The molecule has 0 unspecified atom stereocenters. The molecular formula is C15H12Br2N2O. The molecule has 3 nitrogen and oxygen atoms in total. The van der Waals surface area contributed by atoms with E-state index in [-0.39, 0.29) is 0 Å². The lowest BCUT2D eigenvalue weighted by molar-refractivity contribution is 0.619. The number of hydrogen-bond donors (Lipinski definition) is 1. The molecule has 3 aromatic rings. The number of oxazole rings is 1. The highest BCUT2D eigenvalue weighted by molar-refractivity contribution is 9.11. The Labute approximate surface area is 133 Å². The Kier molecular flexibility index (Phi) is 3.34. The maximum absolute atomic E-state index is 5.90. The molecule has 0 spiro atoms. The van der Waals surface area contributed by atoms with E-state index < -0.39 is 0 Å². The van der Waals surface area contributed by atoms with Crippen molar-refractivity contribution in [2.75, 3.05) is 5.73 Å². The average Bonchev–Trinajstić information content (AvgIpc) is 2.79. The Morgan fingerprint density at radius 3 is 2.25 bits per heavy atom. The number of nitrogen functional groups attached to an aromatic ring is 1. The van der Waals surface area contributed by atoms with Crippen LogP contribution < -0.4 is 5.73 Å². The third-order valence-electron chi connectivity index (χ3n) is 3.33. The van der Waals surface area contributed by atoms with Gasteiger partial charge in [-0.15, -0.1) is 0 Å². The normalized spacial score (nSPS) is 11.2. The van der Waals surface area contributed by atoms with Crippen LogP contribution in [0.3, 0.4) is 0 Å². The van der Waals surface area contributed by atoms with Gasteiger partial charge in [0.25, 0.3) is 0 Å². The molecular weight excluding hydrogens is 384 g/mol. The number of anilines is 1. The van der Waals surface area contributed by atoms with E-state index in [9.17, 15) is 0 Å². The van der Waals surface area contributed by atoms with Crippen LogP contribution in [0.2, 0.25) is 0 Å². The summed E-state index contributed by atoms with van der Waals surface area (Å²) in [4.78, 5) is 4.55. The predicted molar refractivity (Wildman–Crippen MR) is 88.7 cm³/mol. The van der Waals surface area contributed by atoms with Crippen molar-refractivity contribution in [3.63, 3.8) is 0 Å². The molecule has 5 heteroatoms. The zero-order chi connectivity index (χ0) is 14.4. The van der Waals surface area contributed by atoms with Crippen LogP contribution in [0.25, 0.3) is 22.6 Å². The Bertz CT molecular complexity index is 762. The van der Waals surface area contributed by atoms with E-state index in [2.05, 4.69) is 50.7 Å². The monoisotopic (exact) mass is 394 g/mol. The number of benzene rings is 2. The standard InChI is InChI=1S/C15H12Br2N2O/c1-7-3-12-13(4-8(7)2)20-15(19-12)9-5-10(16)14(18)11(17)6-9/h3-6H,18H2,1-2H3. The van der Waals surface area contributed by atoms with Gasteiger partial charge < -0.3 is 10.2 Å². The molecule has 0 fully saturated rings. The largest absolute Gasteiger partial charge is 0.436 e. The molecule has 1 heterocycles. The molecule has 0 aliphatic heterocycles. The van der Waals surface area contributed by atoms with Crippen LogP contribution in [0.15, 0.2) is 37.6 Å². The first kappa shape index (κ1) is 13.6. The third kappa shape index (κ3) is 2.25. The van der Waals surface area contributed by atoms with Crippen LogP contribution in [0.1, 0.15) is 11.1 Å². The van der Waals surface area contributed by atoms with Crippen molar-refractivity contribution in [2.45, 2.75) is 13.8 Å². The quantitative estimate of drug-likeness (QED) is 0.574. The highest BCUT2D eigenvalue weighted by Gasteiger charge is 2.12. The molecule has 0 amide bonds. The van der Waals surface area contributed by atoms with Gasteiger partial charge in [0.05, 0.1) is 5.69 Å². The summed E-state index contributed by atoms with van der Waals surface area (Å²) in [5.74, 6) is 0.589. The number of aromatic nitrogens is 1. The Morgan fingerprint density at radius 2 is 1.60 bits per heavy atom. The maximum Gasteiger partial charge on any atom is 0.227 e. The summed E-state index contributed by atoms with van der Waals surface area (Å²) in [5.41, 5.74) is 11.5. The van der Waals surface area contributed by atoms with Crippen molar-refractivity contribution in [1.82, 2.24) is 4.98 Å². The SMILES string of the molecule is Cc1cc2nc(-c3cc(Br)c(N)c(Br)c3)oc2cc1C. The van der Waals surface area contributed by atoms with Crippen molar-refractivity contribution in [3.05, 3.63) is 44.3 Å². The van der Waals surface area contributed by atoms with E-state index in [1.54, 1.807) is 0 Å². The molecule has 0 aliphatic rings. The molecule has 102 valence electrons. The van der Waals surface area contributed by atoms with Gasteiger partial charge in [-0.3, -0.25) is 0 Å². The number of nitrogens with two attached hydrogens (primary N) is 1. The summed E-state index contributed by atoms with van der Waals surface area (Å²) in [7, 11) is 0. The van der Waals surface area contributed by atoms with Crippen LogP contribution in [-0.4, -0.2) is 4.98 Å². The van der Waals surface area contributed by atoms with Gasteiger partial charge in [-0.1, -0.05) is 0 Å². The summed E-state index contributed by atoms with van der Waals surface area (Å²) in [5, 5.41) is 0. The molecule has 0 radical (unpaired) electrons. The van der Waals surface area contributed by atoms with Crippen LogP contribution in [-0.2, 0) is 0 Å². The van der Waals surface area contributed by atoms with Gasteiger partial charge in [0.2, 0.25) is 5.89 Å². The molecule has 0 aliphatic carbocycles. The Balaban J connectivity index is 2.20. The molecule has 0 saturated heterocycles. The number of halogens is 2. The van der Waals surface area contributed by atoms with Crippen molar-refractivity contribution in [3.8, 4) is 11.5 Å². The topological polar surface area (TPSA) is 52.0 Å². The zero-order valence-corrected chi connectivity index (χ0v) is 14.2. The first-order chi connectivity index (χ1) is 9.45. The molecule has 20 heavy (non-hydrogen) atoms. The molecule has 3 rings (SSSR count). The lowest BCUT2D eigenvalue weighted by Crippen LogP contribution is -1.89. The van der Waals surface area contributed by atoms with Crippen LogP contribution in [0.5, 0.6) is 0 Å². The van der Waals surface area contributed by atoms with E-state index in [0.717, 1.165) is 25.6 Å². The first-order valence-electron chi connectivity index (χ1n) is 6.08. The highest BCUT2D eigenvalue weighted by Crippen LogP contribution is 2.35. The molecule has 0 atom stereocenters. The van der Waals surface area contributed by atoms with Crippen molar-refractivity contribution in [2.24, 2.45) is 0 Å². The minimum atomic E-state index is 0.589. The van der Waals surface area contributed by atoms with E-state index in [1.165, 1.54) is 11.1 Å². The summed E-state index contributed by atoms with van der Waals surface area (Å²) in [6, 6.07) is 7.87. The minimum Gasteiger partial charge on any atom is -0.436 e. The molecule has 1 aromatic heterocycles. The lowest BCUT2D eigenvalue weighted by atomic mass is 10.1. The van der Waals surface area contributed by atoms with Gasteiger partial charge in [-0.25, -0.2) is 4.98 Å². The number of hydrogen-bond acceptors (Lipinski definition) is 3. The third-order valence-corrected chi connectivity index (χ3v) is 4.64. The number of fused-ring (bicyclic) bond motifs is 1. The van der Waals surface area contributed by atoms with E-state index in [4.69, 9.17) is 10.2 Å². The van der Waals surface area contributed by atoms with E-state index in [1.807, 2.05) is 24.3 Å². The van der Waals surface area contributed by atoms with Gasteiger partial charge in [-0.05, 0) is 81.1 Å². The van der Waals surface area contributed by atoms with Gasteiger partial charge in [-0.2, -0.15) is 0 Å². The van der Waals surface area contributed by atoms with Crippen molar-refractivity contribution >= 4 is 48.6 Å². The minimum absolute atomic E-state index is 0.589. The van der Waals surface area contributed by atoms with E-state index >= 15 is 0 Å². The van der Waals surface area contributed by atoms with Crippen molar-refractivity contribution in [1.29, 1.82) is 0 Å². The summed E-state index contributed by atoms with van der Waals surface area (Å²) in [6.07, 6.45) is 0. The molecule has 0 bridgehead atoms. The maximum atomic E-state index is 5.90. The second kappa shape index (κ2) is 4.90.